The Kier molecular flexibility index (Phi) is 7.35. The molecular formula is C57H39NO. The van der Waals surface area contributed by atoms with Gasteiger partial charge in [-0.05, 0) is 116 Å². The third-order valence-corrected chi connectivity index (χ3v) is 13.0. The Morgan fingerprint density at radius 1 is 0.525 bits per heavy atom. The number of nitrogens with zero attached hydrogens (tertiary/aromatic N) is 1. The van der Waals surface area contributed by atoms with E-state index in [1.165, 1.54) is 66.0 Å². The van der Waals surface area contributed by atoms with Gasteiger partial charge in [0.15, 0.2) is 0 Å². The molecule has 0 saturated heterocycles. The molecule has 0 amide bonds. The van der Waals surface area contributed by atoms with Crippen LogP contribution in [0, 0.1) is 12.1 Å². The summed E-state index contributed by atoms with van der Waals surface area (Å²) in [7, 11) is 0. The minimum absolute atomic E-state index is 0.126. The molecule has 278 valence electrons. The number of para-hydroxylation sites is 2. The molecule has 0 spiro atoms. The van der Waals surface area contributed by atoms with Gasteiger partial charge in [0.05, 0.1) is 5.69 Å². The van der Waals surface area contributed by atoms with Gasteiger partial charge >= 0.3 is 0 Å². The second kappa shape index (κ2) is 12.8. The van der Waals surface area contributed by atoms with Crippen LogP contribution < -0.4 is 4.90 Å². The summed E-state index contributed by atoms with van der Waals surface area (Å²) < 4.78 is 6.42. The maximum absolute atomic E-state index is 6.42. The van der Waals surface area contributed by atoms with E-state index >= 15 is 0 Å². The van der Waals surface area contributed by atoms with Crippen LogP contribution >= 0.6 is 0 Å². The molecule has 2 aliphatic carbocycles. The average molecular weight is 754 g/mol. The number of anilines is 2. The van der Waals surface area contributed by atoms with Crippen molar-refractivity contribution in [3.05, 3.63) is 210 Å². The highest BCUT2D eigenvalue weighted by Gasteiger charge is 2.36. The molecule has 0 atom stereocenters. The highest BCUT2D eigenvalue weighted by Crippen LogP contribution is 2.52. The third kappa shape index (κ3) is 5.01. The predicted molar refractivity (Wildman–Crippen MR) is 247 cm³/mol. The van der Waals surface area contributed by atoms with E-state index in [0.717, 1.165) is 62.7 Å². The van der Waals surface area contributed by atoms with E-state index in [2.05, 4.69) is 201 Å². The fourth-order valence-corrected chi connectivity index (χ4v) is 10.3. The predicted octanol–water partition coefficient (Wildman–Crippen LogP) is 15.5. The highest BCUT2D eigenvalue weighted by molar-refractivity contribution is 6.36. The number of hydrogen-bond donors (Lipinski definition) is 0. The Morgan fingerprint density at radius 3 is 2.05 bits per heavy atom. The molecule has 0 radical (unpaired) electrons. The summed E-state index contributed by atoms with van der Waals surface area (Å²) in [6.07, 6.45) is 6.54. The van der Waals surface area contributed by atoms with E-state index < -0.39 is 0 Å². The minimum atomic E-state index is -0.126. The number of benzene rings is 8. The van der Waals surface area contributed by atoms with E-state index in [9.17, 15) is 0 Å². The minimum Gasteiger partial charge on any atom is -0.456 e. The van der Waals surface area contributed by atoms with Crippen LogP contribution in [0.3, 0.4) is 0 Å². The topological polar surface area (TPSA) is 16.4 Å². The first-order chi connectivity index (χ1) is 29.0. The molecule has 12 rings (SSSR count). The molecule has 1 aromatic heterocycles. The largest absolute Gasteiger partial charge is 0.456 e. The van der Waals surface area contributed by atoms with Crippen molar-refractivity contribution >= 4 is 71.2 Å². The summed E-state index contributed by atoms with van der Waals surface area (Å²) in [6.45, 7) is 4.73. The van der Waals surface area contributed by atoms with Crippen LogP contribution in [0.15, 0.2) is 186 Å². The van der Waals surface area contributed by atoms with E-state index in [-0.39, 0.29) is 5.41 Å². The number of rotatable bonds is 5. The summed E-state index contributed by atoms with van der Waals surface area (Å²) >= 11 is 0. The van der Waals surface area contributed by atoms with Gasteiger partial charge in [0.25, 0.3) is 0 Å². The van der Waals surface area contributed by atoms with Crippen molar-refractivity contribution in [2.75, 3.05) is 4.90 Å². The summed E-state index contributed by atoms with van der Waals surface area (Å²) in [5, 5.41) is 9.43. The van der Waals surface area contributed by atoms with Gasteiger partial charge in [-0.1, -0.05) is 153 Å². The SMILES string of the molecule is CC1(C)c2ccccc2-c2ccc(N(C3=CC=C(c4ccccc4)CC3)c3ccccc3-c3c#ccc4c5ccc6oc7ccccc7c6c5c5ccccc5c34)cc21. The number of furan rings is 1. The van der Waals surface area contributed by atoms with Crippen molar-refractivity contribution in [3.63, 3.8) is 0 Å². The summed E-state index contributed by atoms with van der Waals surface area (Å²) in [5.74, 6) is 0. The molecule has 0 saturated carbocycles. The molecule has 0 N–H and O–H groups in total. The zero-order valence-corrected chi connectivity index (χ0v) is 33.0. The lowest BCUT2D eigenvalue weighted by molar-refractivity contribution is 0.660. The summed E-state index contributed by atoms with van der Waals surface area (Å²) in [5.41, 5.74) is 15.4. The lowest BCUT2D eigenvalue weighted by Gasteiger charge is -2.33. The van der Waals surface area contributed by atoms with Crippen LogP contribution in [0.25, 0.3) is 82.1 Å². The van der Waals surface area contributed by atoms with Crippen LogP contribution in [-0.4, -0.2) is 0 Å². The fourth-order valence-electron chi connectivity index (χ4n) is 10.3. The molecule has 0 fully saturated rings. The average Bonchev–Trinajstić information content (AvgIpc) is 3.79. The maximum atomic E-state index is 6.42. The third-order valence-electron chi connectivity index (χ3n) is 13.0. The molecule has 0 bridgehead atoms. The van der Waals surface area contributed by atoms with Gasteiger partial charge in [-0.3, -0.25) is 0 Å². The van der Waals surface area contributed by atoms with Crippen LogP contribution in [0.5, 0.6) is 0 Å². The van der Waals surface area contributed by atoms with Crippen molar-refractivity contribution in [1.82, 2.24) is 0 Å². The van der Waals surface area contributed by atoms with Gasteiger partial charge in [-0.15, -0.1) is 0 Å². The molecule has 0 unspecified atom stereocenters. The molecule has 2 nitrogen and oxygen atoms in total. The lowest BCUT2D eigenvalue weighted by Crippen LogP contribution is -2.20. The quantitative estimate of drug-likeness (QED) is 0.163. The van der Waals surface area contributed by atoms with Crippen molar-refractivity contribution in [2.24, 2.45) is 0 Å². The van der Waals surface area contributed by atoms with E-state index in [1.54, 1.807) is 0 Å². The maximum Gasteiger partial charge on any atom is 0.136 e. The molecule has 2 aliphatic rings. The van der Waals surface area contributed by atoms with Gasteiger partial charge in [0.1, 0.15) is 11.2 Å². The van der Waals surface area contributed by atoms with Gasteiger partial charge in [0, 0.05) is 49.5 Å². The van der Waals surface area contributed by atoms with Crippen molar-refractivity contribution in [3.8, 4) is 22.3 Å². The van der Waals surface area contributed by atoms with E-state index in [0.29, 0.717) is 0 Å². The Bertz CT molecular complexity index is 3390. The van der Waals surface area contributed by atoms with Crippen molar-refractivity contribution in [1.29, 1.82) is 0 Å². The normalized spacial score (nSPS) is 14.3. The van der Waals surface area contributed by atoms with Crippen LogP contribution in [0.4, 0.5) is 11.4 Å². The van der Waals surface area contributed by atoms with E-state index in [1.807, 2.05) is 6.07 Å². The fraction of sp³-hybridized carbons (Fsp3) is 0.0877. The second-order valence-corrected chi connectivity index (χ2v) is 16.6. The number of fused-ring (bicyclic) bond motifs is 13. The number of hydrogen-bond acceptors (Lipinski definition) is 2. The van der Waals surface area contributed by atoms with Gasteiger partial charge in [0.2, 0.25) is 0 Å². The lowest BCUT2D eigenvalue weighted by atomic mass is 9.82. The monoisotopic (exact) mass is 753 g/mol. The van der Waals surface area contributed by atoms with Crippen molar-refractivity contribution in [2.45, 2.75) is 32.1 Å². The standard InChI is InChI=1S/C57H39NO/c1-57(2)49-24-11-8-17-40(49)41-32-31-39(35-50(41)57)58(38-29-27-37(28-30-38)36-15-4-3-5-16-36)51-25-12-9-18-42(51)43-22-14-23-45-47-33-34-53-56(48-21-10-13-26-52(48)59-53)55(47)46-20-7-6-19-44(46)54(43)45/h3-13,15-21,23-27,29,31-35H,28,30H2,1-2H3. The van der Waals surface area contributed by atoms with Gasteiger partial charge in [-0.2, -0.15) is 0 Å². The summed E-state index contributed by atoms with van der Waals surface area (Å²) in [6, 6.07) is 66.7. The number of allylic oxidation sites excluding steroid dienone is 4. The molecule has 1 heterocycles. The highest BCUT2D eigenvalue weighted by atomic mass is 16.3. The zero-order valence-electron chi connectivity index (χ0n) is 33.0. The Hall–Kier alpha value is -7.34. The molecular weight excluding hydrogens is 715 g/mol. The first-order valence-corrected chi connectivity index (χ1v) is 20.6. The molecule has 0 aliphatic heterocycles. The molecule has 9 aromatic carbocycles. The van der Waals surface area contributed by atoms with Crippen LogP contribution in [0.2, 0.25) is 0 Å². The molecule has 2 heteroatoms. The van der Waals surface area contributed by atoms with Gasteiger partial charge in [-0.25, -0.2) is 0 Å². The molecule has 59 heavy (non-hydrogen) atoms. The van der Waals surface area contributed by atoms with E-state index in [4.69, 9.17) is 4.42 Å². The summed E-state index contributed by atoms with van der Waals surface area (Å²) in [4.78, 5) is 2.52. The Balaban J connectivity index is 1.11. The van der Waals surface area contributed by atoms with Crippen molar-refractivity contribution < 1.29 is 4.42 Å². The first kappa shape index (κ1) is 33.8. The molecule has 10 aromatic rings. The zero-order chi connectivity index (χ0) is 39.2. The first-order valence-electron chi connectivity index (χ1n) is 20.6. The van der Waals surface area contributed by atoms with Crippen LogP contribution in [0.1, 0.15) is 43.4 Å². The Morgan fingerprint density at radius 2 is 1.22 bits per heavy atom. The second-order valence-electron chi connectivity index (χ2n) is 16.6. The Labute approximate surface area is 344 Å². The van der Waals surface area contributed by atoms with Crippen LogP contribution in [-0.2, 0) is 5.41 Å². The smallest absolute Gasteiger partial charge is 0.136 e. The van der Waals surface area contributed by atoms with Gasteiger partial charge < -0.3 is 9.32 Å².